The molecule has 66 valence electrons. The fourth-order valence-electron chi connectivity index (χ4n) is 1.05. The van der Waals surface area contributed by atoms with Crippen molar-refractivity contribution in [2.75, 3.05) is 5.32 Å². The summed E-state index contributed by atoms with van der Waals surface area (Å²) in [6, 6.07) is 10.3. The van der Waals surface area contributed by atoms with Crippen LogP contribution in [0.1, 0.15) is 6.92 Å². The molecule has 13 heavy (non-hydrogen) atoms. The Bertz CT molecular complexity index is 306. The quantitative estimate of drug-likeness (QED) is 0.689. The van der Waals surface area contributed by atoms with E-state index in [4.69, 9.17) is 6.42 Å². The Labute approximate surface area is 79.5 Å². The molecular weight excluding hydrogens is 158 g/mol. The van der Waals surface area contributed by atoms with Crippen LogP contribution in [0.25, 0.3) is 0 Å². The van der Waals surface area contributed by atoms with Gasteiger partial charge in [0.1, 0.15) is 0 Å². The zero-order valence-electron chi connectivity index (χ0n) is 7.70. The van der Waals surface area contributed by atoms with Gasteiger partial charge in [0, 0.05) is 11.7 Å². The molecule has 0 saturated carbocycles. The lowest BCUT2D eigenvalue weighted by Crippen LogP contribution is -2.11. The summed E-state index contributed by atoms with van der Waals surface area (Å²) in [7, 11) is 0. The summed E-state index contributed by atoms with van der Waals surface area (Å²) in [5, 5.41) is 3.29. The predicted molar refractivity (Wildman–Crippen MR) is 57.5 cm³/mol. The minimum absolute atomic E-state index is 0.262. The van der Waals surface area contributed by atoms with Gasteiger partial charge in [-0.25, -0.2) is 0 Å². The largest absolute Gasteiger partial charge is 0.379 e. The first-order chi connectivity index (χ1) is 6.33. The predicted octanol–water partition coefficient (Wildman–Crippen LogP) is 2.68. The molecule has 0 aromatic heterocycles. The van der Waals surface area contributed by atoms with E-state index in [-0.39, 0.29) is 6.04 Å². The van der Waals surface area contributed by atoms with Crippen LogP contribution in [-0.2, 0) is 0 Å². The molecule has 0 bridgehead atoms. The molecule has 1 unspecified atom stereocenters. The van der Waals surface area contributed by atoms with Gasteiger partial charge in [-0.05, 0) is 25.1 Å². The van der Waals surface area contributed by atoms with Crippen molar-refractivity contribution in [3.05, 3.63) is 42.5 Å². The molecule has 1 nitrogen and oxygen atoms in total. The van der Waals surface area contributed by atoms with Crippen LogP contribution in [0.2, 0.25) is 0 Å². The third-order valence-corrected chi connectivity index (χ3v) is 1.65. The number of hydrogen-bond donors (Lipinski definition) is 1. The lowest BCUT2D eigenvalue weighted by atomic mass is 10.2. The van der Waals surface area contributed by atoms with Gasteiger partial charge in [-0.2, -0.15) is 0 Å². The zero-order valence-corrected chi connectivity index (χ0v) is 7.70. The van der Waals surface area contributed by atoms with Crippen molar-refractivity contribution in [2.24, 2.45) is 0 Å². The third-order valence-electron chi connectivity index (χ3n) is 1.65. The molecule has 0 saturated heterocycles. The van der Waals surface area contributed by atoms with Crippen LogP contribution in [0, 0.1) is 12.3 Å². The van der Waals surface area contributed by atoms with Gasteiger partial charge in [0.15, 0.2) is 0 Å². The molecule has 0 radical (unpaired) electrons. The van der Waals surface area contributed by atoms with Crippen LogP contribution in [0.3, 0.4) is 0 Å². The number of nitrogens with one attached hydrogen (secondary N) is 1. The van der Waals surface area contributed by atoms with E-state index in [0.29, 0.717) is 0 Å². The summed E-state index contributed by atoms with van der Waals surface area (Å²) in [5.41, 5.74) is 1.11. The van der Waals surface area contributed by atoms with Crippen molar-refractivity contribution in [1.29, 1.82) is 0 Å². The van der Waals surface area contributed by atoms with Gasteiger partial charge < -0.3 is 5.32 Å². The lowest BCUT2D eigenvalue weighted by Gasteiger charge is -2.09. The normalized spacial score (nSPS) is 12.3. The van der Waals surface area contributed by atoms with Crippen LogP contribution < -0.4 is 5.32 Å². The monoisotopic (exact) mass is 171 g/mol. The number of anilines is 1. The van der Waals surface area contributed by atoms with Crippen LogP contribution in [0.4, 0.5) is 5.69 Å². The van der Waals surface area contributed by atoms with Crippen molar-refractivity contribution >= 4 is 5.69 Å². The first-order valence-electron chi connectivity index (χ1n) is 4.27. The Morgan fingerprint density at radius 2 is 2.08 bits per heavy atom. The topological polar surface area (TPSA) is 12.0 Å². The molecular formula is C12H13N. The second kappa shape index (κ2) is 5.05. The highest BCUT2D eigenvalue weighted by Gasteiger charge is 1.94. The van der Waals surface area contributed by atoms with Crippen LogP contribution in [0.5, 0.6) is 0 Å². The Balaban J connectivity index is 2.51. The maximum absolute atomic E-state index is 5.11. The Morgan fingerprint density at radius 1 is 1.38 bits per heavy atom. The average molecular weight is 171 g/mol. The standard InChI is InChI=1S/C12H13N/c1-3-4-8-11(2)13-12-9-6-5-7-10-12/h1,4-11,13H,2H3. The van der Waals surface area contributed by atoms with Gasteiger partial charge >= 0.3 is 0 Å². The summed E-state index contributed by atoms with van der Waals surface area (Å²) in [6.45, 7) is 2.06. The van der Waals surface area contributed by atoms with Crippen molar-refractivity contribution in [1.82, 2.24) is 0 Å². The van der Waals surface area contributed by atoms with E-state index in [1.165, 1.54) is 0 Å². The van der Waals surface area contributed by atoms with Gasteiger partial charge in [0.05, 0.1) is 0 Å². The number of rotatable bonds is 3. The van der Waals surface area contributed by atoms with Crippen molar-refractivity contribution in [3.8, 4) is 12.3 Å². The minimum Gasteiger partial charge on any atom is -0.379 e. The van der Waals surface area contributed by atoms with Gasteiger partial charge in [-0.15, -0.1) is 6.42 Å². The smallest absolute Gasteiger partial charge is 0.0425 e. The fraction of sp³-hybridized carbons (Fsp3) is 0.167. The van der Waals surface area contributed by atoms with Crippen LogP contribution in [0.15, 0.2) is 42.5 Å². The van der Waals surface area contributed by atoms with Gasteiger partial charge in [0.25, 0.3) is 0 Å². The number of terminal acetylenes is 1. The second-order valence-corrected chi connectivity index (χ2v) is 2.82. The number of para-hydroxylation sites is 1. The highest BCUT2D eigenvalue weighted by atomic mass is 14.9. The summed E-state index contributed by atoms with van der Waals surface area (Å²) >= 11 is 0. The Morgan fingerprint density at radius 3 is 2.69 bits per heavy atom. The third kappa shape index (κ3) is 3.48. The maximum atomic E-state index is 5.11. The van der Waals surface area contributed by atoms with Gasteiger partial charge in [0.2, 0.25) is 0 Å². The van der Waals surface area contributed by atoms with E-state index in [2.05, 4.69) is 18.2 Å². The number of hydrogen-bond acceptors (Lipinski definition) is 1. The SMILES string of the molecule is C#CC=CC(C)Nc1ccccc1. The zero-order chi connectivity index (χ0) is 9.52. The fourth-order valence-corrected chi connectivity index (χ4v) is 1.05. The highest BCUT2D eigenvalue weighted by molar-refractivity contribution is 5.44. The molecule has 0 amide bonds. The van der Waals surface area contributed by atoms with E-state index in [0.717, 1.165) is 5.69 Å². The Hall–Kier alpha value is -1.68. The maximum Gasteiger partial charge on any atom is 0.0425 e. The van der Waals surface area contributed by atoms with Crippen LogP contribution in [-0.4, -0.2) is 6.04 Å². The van der Waals surface area contributed by atoms with Crippen molar-refractivity contribution < 1.29 is 0 Å². The van der Waals surface area contributed by atoms with E-state index in [9.17, 15) is 0 Å². The summed E-state index contributed by atoms with van der Waals surface area (Å²) in [6.07, 6.45) is 8.77. The number of benzene rings is 1. The molecule has 1 rings (SSSR count). The Kier molecular flexibility index (Phi) is 3.66. The highest BCUT2D eigenvalue weighted by Crippen LogP contribution is 2.06. The molecule has 1 heteroatoms. The molecule has 0 spiro atoms. The molecule has 0 fully saturated rings. The molecule has 0 aliphatic rings. The molecule has 0 aliphatic heterocycles. The molecule has 1 aromatic carbocycles. The first kappa shape index (κ1) is 9.41. The lowest BCUT2D eigenvalue weighted by molar-refractivity contribution is 0.999. The molecule has 1 aromatic rings. The second-order valence-electron chi connectivity index (χ2n) is 2.82. The molecule has 0 aliphatic carbocycles. The average Bonchev–Trinajstić information content (AvgIpc) is 2.16. The van der Waals surface area contributed by atoms with Crippen molar-refractivity contribution in [3.63, 3.8) is 0 Å². The van der Waals surface area contributed by atoms with E-state index < -0.39 is 0 Å². The van der Waals surface area contributed by atoms with E-state index in [1.54, 1.807) is 6.08 Å². The first-order valence-corrected chi connectivity index (χ1v) is 4.27. The van der Waals surface area contributed by atoms with Gasteiger partial charge in [-0.3, -0.25) is 0 Å². The van der Waals surface area contributed by atoms with E-state index >= 15 is 0 Å². The molecule has 1 atom stereocenters. The summed E-state index contributed by atoms with van der Waals surface area (Å²) in [4.78, 5) is 0. The summed E-state index contributed by atoms with van der Waals surface area (Å²) < 4.78 is 0. The van der Waals surface area contributed by atoms with Crippen LogP contribution >= 0.6 is 0 Å². The van der Waals surface area contributed by atoms with E-state index in [1.807, 2.05) is 36.4 Å². The summed E-state index contributed by atoms with van der Waals surface area (Å²) in [5.74, 6) is 2.46. The molecule has 0 heterocycles. The molecule has 1 N–H and O–H groups in total. The minimum atomic E-state index is 0.262. The van der Waals surface area contributed by atoms with Gasteiger partial charge in [-0.1, -0.05) is 30.2 Å². The van der Waals surface area contributed by atoms with Crippen molar-refractivity contribution in [2.45, 2.75) is 13.0 Å². The number of allylic oxidation sites excluding steroid dienone is 1.